The molecule has 0 spiro atoms. The van der Waals surface area contributed by atoms with E-state index < -0.39 is 0 Å². The number of rotatable bonds is 6. The Hall–Kier alpha value is -2.27. The third kappa shape index (κ3) is 4.63. The van der Waals surface area contributed by atoms with E-state index in [1.807, 2.05) is 47.4 Å². The summed E-state index contributed by atoms with van der Waals surface area (Å²) in [5, 5.41) is 0. The molecular formula is C20H21NO3S. The van der Waals surface area contributed by atoms with Crippen molar-refractivity contribution in [2.24, 2.45) is 0 Å². The molecule has 3 rings (SSSR count). The normalized spacial score (nSPS) is 13.7. The minimum Gasteiger partial charge on any atom is -0.461 e. The Kier molecular flexibility index (Phi) is 6.12. The van der Waals surface area contributed by atoms with Crippen LogP contribution >= 0.6 is 11.8 Å². The lowest BCUT2D eigenvalue weighted by Gasteiger charge is -2.17. The lowest BCUT2D eigenvalue weighted by molar-refractivity contribution is 0.0530. The largest absolute Gasteiger partial charge is 0.461 e. The predicted molar refractivity (Wildman–Crippen MR) is 99.0 cm³/mol. The van der Waals surface area contributed by atoms with Crippen molar-refractivity contribution in [3.8, 4) is 0 Å². The van der Waals surface area contributed by atoms with Crippen LogP contribution < -0.4 is 0 Å². The van der Waals surface area contributed by atoms with Gasteiger partial charge in [-0.05, 0) is 37.1 Å². The van der Waals surface area contributed by atoms with Crippen molar-refractivity contribution >= 4 is 23.6 Å². The van der Waals surface area contributed by atoms with Gasteiger partial charge >= 0.3 is 5.97 Å². The van der Waals surface area contributed by atoms with Gasteiger partial charge in [-0.15, -0.1) is 11.8 Å². The Morgan fingerprint density at radius 1 is 0.960 bits per heavy atom. The van der Waals surface area contributed by atoms with Crippen LogP contribution in [0.3, 0.4) is 0 Å². The zero-order chi connectivity index (χ0) is 17.5. The number of thioether (sulfide) groups is 1. The number of benzene rings is 2. The lowest BCUT2D eigenvalue weighted by Crippen LogP contribution is -2.28. The summed E-state index contributed by atoms with van der Waals surface area (Å²) in [6, 6.07) is 16.6. The van der Waals surface area contributed by atoms with E-state index in [1.165, 1.54) is 0 Å². The van der Waals surface area contributed by atoms with E-state index in [0.29, 0.717) is 17.9 Å². The molecule has 2 aromatic carbocycles. The molecule has 0 aromatic heterocycles. The number of hydrogen-bond acceptors (Lipinski definition) is 4. The quantitative estimate of drug-likeness (QED) is 0.448. The molecule has 1 amide bonds. The summed E-state index contributed by atoms with van der Waals surface area (Å²) in [5.41, 5.74) is 1.29. The van der Waals surface area contributed by atoms with Crippen molar-refractivity contribution in [2.45, 2.75) is 17.7 Å². The highest BCUT2D eigenvalue weighted by Gasteiger charge is 2.21. The van der Waals surface area contributed by atoms with E-state index in [2.05, 4.69) is 0 Å². The fraction of sp³-hybridized carbons (Fsp3) is 0.300. The van der Waals surface area contributed by atoms with E-state index in [9.17, 15) is 9.59 Å². The number of amides is 1. The summed E-state index contributed by atoms with van der Waals surface area (Å²) < 4.78 is 5.29. The molecule has 1 saturated heterocycles. The van der Waals surface area contributed by atoms with Crippen molar-refractivity contribution in [1.29, 1.82) is 0 Å². The molecule has 2 aromatic rings. The van der Waals surface area contributed by atoms with Gasteiger partial charge < -0.3 is 9.64 Å². The molecule has 0 aliphatic carbocycles. The fourth-order valence-corrected chi connectivity index (χ4v) is 3.68. The molecule has 0 N–H and O–H groups in total. The Labute approximate surface area is 152 Å². The minimum absolute atomic E-state index is 0.0990. The summed E-state index contributed by atoms with van der Waals surface area (Å²) in [6.07, 6.45) is 2.16. The Balaban J connectivity index is 1.53. The maximum Gasteiger partial charge on any atom is 0.338 e. The van der Waals surface area contributed by atoms with Crippen LogP contribution in [0, 0.1) is 0 Å². The van der Waals surface area contributed by atoms with Crippen LogP contribution in [0.5, 0.6) is 0 Å². The highest BCUT2D eigenvalue weighted by Crippen LogP contribution is 2.25. The molecule has 25 heavy (non-hydrogen) atoms. The molecule has 0 atom stereocenters. The average molecular weight is 355 g/mol. The molecule has 130 valence electrons. The molecule has 0 unspecified atom stereocenters. The highest BCUT2D eigenvalue weighted by molar-refractivity contribution is 7.99. The van der Waals surface area contributed by atoms with Crippen LogP contribution in [-0.2, 0) is 4.74 Å². The molecule has 5 heteroatoms. The summed E-state index contributed by atoms with van der Waals surface area (Å²) in [4.78, 5) is 27.4. The van der Waals surface area contributed by atoms with Gasteiger partial charge in [0.1, 0.15) is 6.61 Å². The van der Waals surface area contributed by atoms with Crippen LogP contribution in [0.15, 0.2) is 59.5 Å². The Morgan fingerprint density at radius 3 is 2.40 bits per heavy atom. The second-order valence-electron chi connectivity index (χ2n) is 5.85. The van der Waals surface area contributed by atoms with Crippen molar-refractivity contribution in [2.75, 3.05) is 25.4 Å². The van der Waals surface area contributed by atoms with Gasteiger partial charge in [-0.1, -0.05) is 30.3 Å². The molecule has 1 fully saturated rings. The van der Waals surface area contributed by atoms with E-state index in [0.717, 1.165) is 36.4 Å². The first-order valence-corrected chi connectivity index (χ1v) is 9.47. The van der Waals surface area contributed by atoms with Gasteiger partial charge in [-0.3, -0.25) is 4.79 Å². The van der Waals surface area contributed by atoms with Gasteiger partial charge in [0.05, 0.1) is 11.1 Å². The van der Waals surface area contributed by atoms with Crippen LogP contribution in [0.25, 0.3) is 0 Å². The average Bonchev–Trinajstić information content (AvgIpc) is 3.20. The summed E-state index contributed by atoms with van der Waals surface area (Å²) >= 11 is 1.55. The van der Waals surface area contributed by atoms with Gasteiger partial charge in [0.25, 0.3) is 5.91 Å². The third-order valence-electron chi connectivity index (χ3n) is 4.09. The number of nitrogens with zero attached hydrogens (tertiary/aromatic N) is 1. The van der Waals surface area contributed by atoms with E-state index in [1.54, 1.807) is 23.9 Å². The highest BCUT2D eigenvalue weighted by atomic mass is 32.2. The summed E-state index contributed by atoms with van der Waals surface area (Å²) in [6.45, 7) is 1.99. The second-order valence-corrected chi connectivity index (χ2v) is 6.98. The SMILES string of the molecule is O=C(OCCSc1ccccc1C(=O)N1CCCC1)c1ccccc1. The van der Waals surface area contributed by atoms with Crippen molar-refractivity contribution < 1.29 is 14.3 Å². The topological polar surface area (TPSA) is 46.6 Å². The molecule has 1 aliphatic rings. The zero-order valence-corrected chi connectivity index (χ0v) is 14.8. The number of likely N-dealkylation sites (tertiary alicyclic amines) is 1. The second kappa shape index (κ2) is 8.72. The maximum absolute atomic E-state index is 12.6. The summed E-state index contributed by atoms with van der Waals surface area (Å²) in [7, 11) is 0. The maximum atomic E-state index is 12.6. The van der Waals surface area contributed by atoms with Crippen molar-refractivity contribution in [3.05, 3.63) is 65.7 Å². The molecule has 1 aliphatic heterocycles. The van der Waals surface area contributed by atoms with Crippen LogP contribution in [0.1, 0.15) is 33.6 Å². The Bertz CT molecular complexity index is 727. The minimum atomic E-state index is -0.317. The molecular weight excluding hydrogens is 334 g/mol. The molecule has 0 saturated carbocycles. The van der Waals surface area contributed by atoms with Gasteiger partial charge in [0, 0.05) is 23.7 Å². The van der Waals surface area contributed by atoms with E-state index in [4.69, 9.17) is 4.74 Å². The van der Waals surface area contributed by atoms with Crippen molar-refractivity contribution in [1.82, 2.24) is 4.90 Å². The first-order valence-electron chi connectivity index (χ1n) is 8.49. The molecule has 0 radical (unpaired) electrons. The predicted octanol–water partition coefficient (Wildman–Crippen LogP) is 3.87. The Morgan fingerprint density at radius 2 is 1.64 bits per heavy atom. The standard InChI is InChI=1S/C20H21NO3S/c22-19(21-12-6-7-13-21)17-10-4-5-11-18(17)25-15-14-24-20(23)16-8-2-1-3-9-16/h1-5,8-11H,6-7,12-15H2. The third-order valence-corrected chi connectivity index (χ3v) is 5.13. The van der Waals surface area contributed by atoms with E-state index >= 15 is 0 Å². The van der Waals surface area contributed by atoms with Crippen LogP contribution in [0.4, 0.5) is 0 Å². The smallest absolute Gasteiger partial charge is 0.338 e. The van der Waals surface area contributed by atoms with Crippen LogP contribution in [-0.4, -0.2) is 42.2 Å². The van der Waals surface area contributed by atoms with E-state index in [-0.39, 0.29) is 11.9 Å². The summed E-state index contributed by atoms with van der Waals surface area (Å²) in [5.74, 6) is 0.396. The first-order chi connectivity index (χ1) is 12.3. The first kappa shape index (κ1) is 17.5. The monoisotopic (exact) mass is 355 g/mol. The van der Waals surface area contributed by atoms with Crippen LogP contribution in [0.2, 0.25) is 0 Å². The van der Waals surface area contributed by atoms with Gasteiger partial charge in [-0.25, -0.2) is 4.79 Å². The van der Waals surface area contributed by atoms with Crippen molar-refractivity contribution in [3.63, 3.8) is 0 Å². The van der Waals surface area contributed by atoms with Gasteiger partial charge in [-0.2, -0.15) is 0 Å². The molecule has 1 heterocycles. The molecule has 0 bridgehead atoms. The molecule has 4 nitrogen and oxygen atoms in total. The van der Waals surface area contributed by atoms with Gasteiger partial charge in [0.2, 0.25) is 0 Å². The number of hydrogen-bond donors (Lipinski definition) is 0. The number of carbonyl (C=O) groups is 2. The number of carbonyl (C=O) groups excluding carboxylic acids is 2. The van der Waals surface area contributed by atoms with Gasteiger partial charge in [0.15, 0.2) is 0 Å². The fourth-order valence-electron chi connectivity index (χ4n) is 2.80. The number of ether oxygens (including phenoxy) is 1. The lowest BCUT2D eigenvalue weighted by atomic mass is 10.2. The number of esters is 1. The zero-order valence-electron chi connectivity index (χ0n) is 14.0.